The van der Waals surface area contributed by atoms with Crippen molar-refractivity contribution in [2.24, 2.45) is 0 Å². The number of nitrogens with one attached hydrogen (secondary N) is 2. The van der Waals surface area contributed by atoms with Crippen LogP contribution in [0.15, 0.2) is 28.7 Å². The zero-order valence-electron chi connectivity index (χ0n) is 10.2. The van der Waals surface area contributed by atoms with Gasteiger partial charge < -0.3 is 15.7 Å². The van der Waals surface area contributed by atoms with E-state index in [0.717, 1.165) is 0 Å². The normalized spacial score (nSPS) is 10.9. The molecule has 0 aliphatic heterocycles. The van der Waals surface area contributed by atoms with E-state index in [1.165, 1.54) is 0 Å². The Morgan fingerprint density at radius 1 is 1.28 bits per heavy atom. The second kappa shape index (κ2) is 5.97. The van der Waals surface area contributed by atoms with Crippen LogP contribution in [0, 0.1) is 0 Å². The third kappa shape index (κ3) is 4.12. The van der Waals surface area contributed by atoms with Crippen molar-refractivity contribution in [3.8, 4) is 0 Å². The molecule has 18 heavy (non-hydrogen) atoms. The molecule has 0 saturated heterocycles. The first-order valence-electron chi connectivity index (χ1n) is 5.34. The minimum absolute atomic E-state index is 0.249. The molecule has 0 bridgehead atoms. The molecule has 0 aliphatic carbocycles. The van der Waals surface area contributed by atoms with E-state index in [1.54, 1.807) is 38.1 Å². The first kappa shape index (κ1) is 14.7. The lowest BCUT2D eigenvalue weighted by Gasteiger charge is -2.22. The summed E-state index contributed by atoms with van der Waals surface area (Å²) in [5.74, 6) is -1.56. The van der Waals surface area contributed by atoms with Gasteiger partial charge in [-0.15, -0.1) is 0 Å². The van der Waals surface area contributed by atoms with Gasteiger partial charge in [0, 0.05) is 4.47 Å². The van der Waals surface area contributed by atoms with E-state index in [-0.39, 0.29) is 6.61 Å². The smallest absolute Gasteiger partial charge is 0.313 e. The number of carbonyl (C=O) groups excluding carboxylic acids is 2. The zero-order chi connectivity index (χ0) is 13.8. The number of anilines is 1. The minimum atomic E-state index is -0.831. The quantitative estimate of drug-likeness (QED) is 0.735. The van der Waals surface area contributed by atoms with Gasteiger partial charge in [-0.3, -0.25) is 9.59 Å². The van der Waals surface area contributed by atoms with Gasteiger partial charge in [0.25, 0.3) is 0 Å². The maximum atomic E-state index is 11.6. The fourth-order valence-corrected chi connectivity index (χ4v) is 1.53. The first-order valence-corrected chi connectivity index (χ1v) is 6.14. The third-order valence-corrected chi connectivity index (χ3v) is 2.87. The maximum absolute atomic E-state index is 11.6. The summed E-state index contributed by atoms with van der Waals surface area (Å²) in [4.78, 5) is 23.2. The lowest BCUT2D eigenvalue weighted by atomic mass is 10.1. The van der Waals surface area contributed by atoms with Gasteiger partial charge in [-0.05, 0) is 41.9 Å². The Kier molecular flexibility index (Phi) is 4.86. The van der Waals surface area contributed by atoms with E-state index in [2.05, 4.69) is 26.6 Å². The third-order valence-electron chi connectivity index (χ3n) is 2.18. The van der Waals surface area contributed by atoms with E-state index in [4.69, 9.17) is 5.11 Å². The summed E-state index contributed by atoms with van der Waals surface area (Å²) >= 11 is 3.26. The highest BCUT2D eigenvalue weighted by molar-refractivity contribution is 9.10. The van der Waals surface area contributed by atoms with Crippen molar-refractivity contribution in [3.63, 3.8) is 0 Å². The summed E-state index contributed by atoms with van der Waals surface area (Å²) in [7, 11) is 0. The standard InChI is InChI=1S/C12H15BrN2O3/c1-12(2,7-16)15-11(18)10(17)14-9-6-4-3-5-8(9)13/h3-6,16H,7H2,1-2H3,(H,14,17)(H,15,18). The SMILES string of the molecule is CC(C)(CO)NC(=O)C(=O)Nc1ccccc1Br. The van der Waals surface area contributed by atoms with E-state index < -0.39 is 17.4 Å². The van der Waals surface area contributed by atoms with E-state index in [0.29, 0.717) is 10.2 Å². The number of hydrogen-bond acceptors (Lipinski definition) is 3. The number of aliphatic hydroxyl groups excluding tert-OH is 1. The molecular weight excluding hydrogens is 300 g/mol. The first-order chi connectivity index (χ1) is 8.35. The van der Waals surface area contributed by atoms with Crippen molar-refractivity contribution in [2.45, 2.75) is 19.4 Å². The summed E-state index contributed by atoms with van der Waals surface area (Å²) in [6.07, 6.45) is 0. The lowest BCUT2D eigenvalue weighted by Crippen LogP contribution is -2.50. The van der Waals surface area contributed by atoms with Crippen LogP contribution in [0.3, 0.4) is 0 Å². The van der Waals surface area contributed by atoms with Crippen LogP contribution in [-0.2, 0) is 9.59 Å². The molecule has 0 heterocycles. The molecule has 0 fully saturated rings. The topological polar surface area (TPSA) is 78.4 Å². The molecule has 3 N–H and O–H groups in total. The number of rotatable bonds is 3. The highest BCUT2D eigenvalue weighted by atomic mass is 79.9. The van der Waals surface area contributed by atoms with Crippen molar-refractivity contribution in [1.29, 1.82) is 0 Å². The van der Waals surface area contributed by atoms with Gasteiger partial charge >= 0.3 is 11.8 Å². The van der Waals surface area contributed by atoms with Gasteiger partial charge in [-0.1, -0.05) is 12.1 Å². The monoisotopic (exact) mass is 314 g/mol. The van der Waals surface area contributed by atoms with E-state index >= 15 is 0 Å². The number of halogens is 1. The van der Waals surface area contributed by atoms with Crippen molar-refractivity contribution in [3.05, 3.63) is 28.7 Å². The molecule has 0 aliphatic rings. The minimum Gasteiger partial charge on any atom is -0.394 e. The van der Waals surface area contributed by atoms with Crippen molar-refractivity contribution < 1.29 is 14.7 Å². The molecule has 0 spiro atoms. The number of benzene rings is 1. The fraction of sp³-hybridized carbons (Fsp3) is 0.333. The molecule has 6 heteroatoms. The molecule has 5 nitrogen and oxygen atoms in total. The van der Waals surface area contributed by atoms with Crippen LogP contribution >= 0.6 is 15.9 Å². The summed E-state index contributed by atoms with van der Waals surface area (Å²) in [5.41, 5.74) is -0.318. The molecule has 0 saturated carbocycles. The number of aliphatic hydroxyl groups is 1. The fourth-order valence-electron chi connectivity index (χ4n) is 1.15. The van der Waals surface area contributed by atoms with Gasteiger partial charge in [0.2, 0.25) is 0 Å². The van der Waals surface area contributed by atoms with Crippen LogP contribution in [0.25, 0.3) is 0 Å². The van der Waals surface area contributed by atoms with Gasteiger partial charge in [0.15, 0.2) is 0 Å². The Bertz CT molecular complexity index is 460. The average Bonchev–Trinajstić information content (AvgIpc) is 2.31. The maximum Gasteiger partial charge on any atom is 0.313 e. The highest BCUT2D eigenvalue weighted by Gasteiger charge is 2.23. The Morgan fingerprint density at radius 3 is 2.44 bits per heavy atom. The van der Waals surface area contributed by atoms with Crippen molar-refractivity contribution >= 4 is 33.4 Å². The van der Waals surface area contributed by atoms with Crippen LogP contribution in [0.5, 0.6) is 0 Å². The summed E-state index contributed by atoms with van der Waals surface area (Å²) in [5, 5.41) is 13.9. The van der Waals surface area contributed by atoms with Gasteiger partial charge in [0.05, 0.1) is 17.8 Å². The summed E-state index contributed by atoms with van der Waals surface area (Å²) in [6, 6.07) is 6.97. The molecular formula is C12H15BrN2O3. The molecule has 0 unspecified atom stereocenters. The Labute approximate surface area is 114 Å². The van der Waals surface area contributed by atoms with Gasteiger partial charge in [-0.2, -0.15) is 0 Å². The largest absolute Gasteiger partial charge is 0.394 e. The average molecular weight is 315 g/mol. The Morgan fingerprint density at radius 2 is 1.89 bits per heavy atom. The molecule has 98 valence electrons. The molecule has 1 rings (SSSR count). The molecule has 0 atom stereocenters. The van der Waals surface area contributed by atoms with Crippen molar-refractivity contribution in [1.82, 2.24) is 5.32 Å². The number of hydrogen-bond donors (Lipinski definition) is 3. The summed E-state index contributed by atoms with van der Waals surface area (Å²) in [6.45, 7) is 2.99. The van der Waals surface area contributed by atoms with Crippen LogP contribution < -0.4 is 10.6 Å². The molecule has 1 aromatic rings. The predicted octanol–water partition coefficient (Wildman–Crippen LogP) is 1.27. The second-order valence-electron chi connectivity index (χ2n) is 4.43. The van der Waals surface area contributed by atoms with Crippen LogP contribution in [0.4, 0.5) is 5.69 Å². The Balaban J connectivity index is 2.67. The second-order valence-corrected chi connectivity index (χ2v) is 5.28. The molecule has 0 aromatic heterocycles. The molecule has 2 amide bonds. The van der Waals surface area contributed by atoms with Crippen LogP contribution in [0.1, 0.15) is 13.8 Å². The van der Waals surface area contributed by atoms with Crippen molar-refractivity contribution in [2.75, 3.05) is 11.9 Å². The van der Waals surface area contributed by atoms with E-state index in [9.17, 15) is 9.59 Å². The Hall–Kier alpha value is -1.40. The van der Waals surface area contributed by atoms with Gasteiger partial charge in [-0.25, -0.2) is 0 Å². The zero-order valence-corrected chi connectivity index (χ0v) is 11.7. The lowest BCUT2D eigenvalue weighted by molar-refractivity contribution is -0.137. The van der Waals surface area contributed by atoms with Crippen LogP contribution in [-0.4, -0.2) is 29.1 Å². The number of para-hydroxylation sites is 1. The number of carbonyl (C=O) groups is 2. The predicted molar refractivity (Wildman–Crippen MR) is 72.1 cm³/mol. The van der Waals surface area contributed by atoms with Gasteiger partial charge in [0.1, 0.15) is 0 Å². The van der Waals surface area contributed by atoms with Crippen LogP contribution in [0.2, 0.25) is 0 Å². The summed E-state index contributed by atoms with van der Waals surface area (Å²) < 4.78 is 0.688. The number of amides is 2. The highest BCUT2D eigenvalue weighted by Crippen LogP contribution is 2.20. The molecule has 0 radical (unpaired) electrons. The molecule has 1 aromatic carbocycles. The van der Waals surface area contributed by atoms with E-state index in [1.807, 2.05) is 0 Å².